The molecule has 0 bridgehead atoms. The van der Waals surface area contributed by atoms with E-state index < -0.39 is 10.0 Å². The van der Waals surface area contributed by atoms with Gasteiger partial charge in [-0.25, -0.2) is 13.4 Å². The second-order valence-corrected chi connectivity index (χ2v) is 9.07. The number of aromatic nitrogens is 2. The molecule has 7 heteroatoms. The largest absolute Gasteiger partial charge is 0.263 e. The fourth-order valence-electron chi connectivity index (χ4n) is 3.22. The van der Waals surface area contributed by atoms with E-state index in [1.165, 1.54) is 6.07 Å². The van der Waals surface area contributed by atoms with Crippen molar-refractivity contribution in [2.75, 3.05) is 4.72 Å². The molecule has 0 saturated carbocycles. The molecular formula is C23H20ClN3O2S. The predicted molar refractivity (Wildman–Crippen MR) is 120 cm³/mol. The smallest absolute Gasteiger partial charge is 0.263 e. The van der Waals surface area contributed by atoms with Gasteiger partial charge in [0.2, 0.25) is 0 Å². The van der Waals surface area contributed by atoms with Gasteiger partial charge in [0.15, 0.2) is 0 Å². The van der Waals surface area contributed by atoms with Gasteiger partial charge in [0, 0.05) is 22.3 Å². The van der Waals surface area contributed by atoms with Gasteiger partial charge >= 0.3 is 0 Å². The molecule has 152 valence electrons. The molecule has 4 aromatic rings. The summed E-state index contributed by atoms with van der Waals surface area (Å²) in [6, 6.07) is 20.5. The topological polar surface area (TPSA) is 72.0 Å². The highest BCUT2D eigenvalue weighted by atomic mass is 35.5. The summed E-state index contributed by atoms with van der Waals surface area (Å²) in [5.41, 5.74) is 3.50. The average molecular weight is 438 g/mol. The van der Waals surface area contributed by atoms with Crippen LogP contribution in [0.15, 0.2) is 77.8 Å². The molecule has 0 saturated heterocycles. The number of benzene rings is 2. The molecule has 0 amide bonds. The van der Waals surface area contributed by atoms with E-state index in [1.54, 1.807) is 31.3 Å². The van der Waals surface area contributed by atoms with E-state index in [1.807, 2.05) is 36.4 Å². The molecule has 4 rings (SSSR count). The SMILES string of the molecule is Cc1c(Cl)cccc1S(=O)(=O)Nc1ccc(CCc2ccc3ccccc3n2)cn1. The molecule has 0 atom stereocenters. The number of nitrogens with one attached hydrogen (secondary N) is 1. The van der Waals surface area contributed by atoms with Crippen molar-refractivity contribution in [1.29, 1.82) is 0 Å². The minimum Gasteiger partial charge on any atom is -0.263 e. The van der Waals surface area contributed by atoms with Gasteiger partial charge in [0.1, 0.15) is 5.82 Å². The quantitative estimate of drug-likeness (QED) is 0.451. The predicted octanol–water partition coefficient (Wildman–Crippen LogP) is 5.18. The monoisotopic (exact) mass is 437 g/mol. The Labute approximate surface area is 180 Å². The molecule has 1 N–H and O–H groups in total. The zero-order chi connectivity index (χ0) is 21.1. The number of para-hydroxylation sites is 1. The molecule has 2 aromatic carbocycles. The van der Waals surface area contributed by atoms with E-state index in [4.69, 9.17) is 11.6 Å². The number of pyridine rings is 2. The Hall–Kier alpha value is -2.96. The van der Waals surface area contributed by atoms with Gasteiger partial charge in [-0.1, -0.05) is 48.0 Å². The van der Waals surface area contributed by atoms with E-state index in [2.05, 4.69) is 20.8 Å². The number of rotatable bonds is 6. The summed E-state index contributed by atoms with van der Waals surface area (Å²) in [4.78, 5) is 9.08. The summed E-state index contributed by atoms with van der Waals surface area (Å²) in [6.07, 6.45) is 3.22. The van der Waals surface area contributed by atoms with Crippen molar-refractivity contribution in [3.05, 3.63) is 94.8 Å². The van der Waals surface area contributed by atoms with Crippen LogP contribution in [0, 0.1) is 6.92 Å². The fourth-order valence-corrected chi connectivity index (χ4v) is 4.73. The van der Waals surface area contributed by atoms with Crippen molar-refractivity contribution >= 4 is 38.3 Å². The summed E-state index contributed by atoms with van der Waals surface area (Å²) < 4.78 is 27.8. The first-order valence-corrected chi connectivity index (χ1v) is 11.4. The normalized spacial score (nSPS) is 11.5. The number of sulfonamides is 1. The highest BCUT2D eigenvalue weighted by Crippen LogP contribution is 2.24. The van der Waals surface area contributed by atoms with Gasteiger partial charge in [0.25, 0.3) is 10.0 Å². The van der Waals surface area contributed by atoms with E-state index >= 15 is 0 Å². The molecule has 0 radical (unpaired) electrons. The maximum absolute atomic E-state index is 12.7. The first-order valence-electron chi connectivity index (χ1n) is 9.50. The number of halogens is 1. The van der Waals surface area contributed by atoms with Gasteiger partial charge in [-0.3, -0.25) is 9.71 Å². The third kappa shape index (κ3) is 4.45. The Kier molecular flexibility index (Phi) is 5.70. The van der Waals surface area contributed by atoms with Gasteiger partial charge < -0.3 is 0 Å². The Morgan fingerprint density at radius 3 is 2.57 bits per heavy atom. The van der Waals surface area contributed by atoms with E-state index in [-0.39, 0.29) is 10.7 Å². The molecule has 0 spiro atoms. The molecule has 2 aromatic heterocycles. The van der Waals surface area contributed by atoms with Crippen LogP contribution in [0.1, 0.15) is 16.8 Å². The standard InChI is InChI=1S/C23H20ClN3O2S/c1-16-20(24)6-4-8-22(16)30(28,29)27-23-14-10-17(15-25-23)9-12-19-13-11-18-5-2-3-7-21(18)26-19/h2-8,10-11,13-15H,9,12H2,1H3,(H,25,27). The number of nitrogens with zero attached hydrogens (tertiary/aromatic N) is 2. The average Bonchev–Trinajstić information content (AvgIpc) is 2.74. The van der Waals surface area contributed by atoms with Crippen molar-refractivity contribution in [1.82, 2.24) is 9.97 Å². The third-order valence-electron chi connectivity index (χ3n) is 4.90. The number of fused-ring (bicyclic) bond motifs is 1. The summed E-state index contributed by atoms with van der Waals surface area (Å²) in [5, 5.41) is 1.53. The van der Waals surface area contributed by atoms with Gasteiger partial charge in [0.05, 0.1) is 10.4 Å². The first-order chi connectivity index (χ1) is 14.4. The second kappa shape index (κ2) is 8.42. The fraction of sp³-hybridized carbons (Fsp3) is 0.130. The lowest BCUT2D eigenvalue weighted by molar-refractivity contribution is 0.600. The number of hydrogen-bond donors (Lipinski definition) is 1. The molecule has 0 aliphatic heterocycles. The van der Waals surface area contributed by atoms with Crippen LogP contribution in [0.4, 0.5) is 5.82 Å². The molecule has 0 unspecified atom stereocenters. The van der Waals surface area contributed by atoms with Crippen molar-refractivity contribution in [2.24, 2.45) is 0 Å². The summed E-state index contributed by atoms with van der Waals surface area (Å²) in [7, 11) is -3.76. The van der Waals surface area contributed by atoms with Crippen LogP contribution in [-0.4, -0.2) is 18.4 Å². The minimum atomic E-state index is -3.76. The van der Waals surface area contributed by atoms with Gasteiger partial charge in [-0.15, -0.1) is 0 Å². The van der Waals surface area contributed by atoms with Crippen LogP contribution in [0.25, 0.3) is 10.9 Å². The van der Waals surface area contributed by atoms with Gasteiger partial charge in [-0.05, 0) is 61.2 Å². The zero-order valence-electron chi connectivity index (χ0n) is 16.3. The number of aryl methyl sites for hydroxylation is 2. The van der Waals surface area contributed by atoms with Crippen LogP contribution in [-0.2, 0) is 22.9 Å². The molecule has 2 heterocycles. The lowest BCUT2D eigenvalue weighted by Gasteiger charge is -2.11. The highest BCUT2D eigenvalue weighted by molar-refractivity contribution is 7.92. The lowest BCUT2D eigenvalue weighted by atomic mass is 10.1. The van der Waals surface area contributed by atoms with Crippen LogP contribution in [0.5, 0.6) is 0 Å². The van der Waals surface area contributed by atoms with Crippen LogP contribution < -0.4 is 4.72 Å². The van der Waals surface area contributed by atoms with Crippen molar-refractivity contribution in [3.63, 3.8) is 0 Å². The minimum absolute atomic E-state index is 0.142. The maximum Gasteiger partial charge on any atom is 0.263 e. The molecule has 5 nitrogen and oxygen atoms in total. The summed E-state index contributed by atoms with van der Waals surface area (Å²) in [6.45, 7) is 1.67. The van der Waals surface area contributed by atoms with E-state index in [0.717, 1.165) is 35.0 Å². The molecule has 0 aliphatic carbocycles. The number of anilines is 1. The van der Waals surface area contributed by atoms with Crippen molar-refractivity contribution < 1.29 is 8.42 Å². The molecule has 30 heavy (non-hydrogen) atoms. The second-order valence-electron chi connectivity index (χ2n) is 7.02. The van der Waals surface area contributed by atoms with E-state index in [0.29, 0.717) is 10.6 Å². The van der Waals surface area contributed by atoms with Crippen LogP contribution in [0.2, 0.25) is 5.02 Å². The highest BCUT2D eigenvalue weighted by Gasteiger charge is 2.18. The first kappa shape index (κ1) is 20.3. The van der Waals surface area contributed by atoms with Crippen molar-refractivity contribution in [3.8, 4) is 0 Å². The van der Waals surface area contributed by atoms with E-state index in [9.17, 15) is 8.42 Å². The summed E-state index contributed by atoms with van der Waals surface area (Å²) >= 11 is 6.05. The molecular weight excluding hydrogens is 418 g/mol. The number of hydrogen-bond acceptors (Lipinski definition) is 4. The van der Waals surface area contributed by atoms with Crippen LogP contribution in [0.3, 0.4) is 0 Å². The van der Waals surface area contributed by atoms with Crippen LogP contribution >= 0.6 is 11.6 Å². The van der Waals surface area contributed by atoms with Gasteiger partial charge in [-0.2, -0.15) is 0 Å². The summed E-state index contributed by atoms with van der Waals surface area (Å²) in [5.74, 6) is 0.266. The Bertz CT molecular complexity index is 1310. The Balaban J connectivity index is 1.44. The third-order valence-corrected chi connectivity index (χ3v) is 6.81. The maximum atomic E-state index is 12.7. The Morgan fingerprint density at radius 2 is 1.77 bits per heavy atom. The lowest BCUT2D eigenvalue weighted by Crippen LogP contribution is -2.15. The van der Waals surface area contributed by atoms with Crippen molar-refractivity contribution in [2.45, 2.75) is 24.7 Å². The Morgan fingerprint density at radius 1 is 0.933 bits per heavy atom. The molecule has 0 fully saturated rings. The zero-order valence-corrected chi connectivity index (χ0v) is 17.9. The molecule has 0 aliphatic rings.